The molecule has 6 amide bonds. The van der Waals surface area contributed by atoms with Gasteiger partial charge in [0.25, 0.3) is 29.2 Å². The van der Waals surface area contributed by atoms with Crippen molar-refractivity contribution in [2.45, 2.75) is 67.9 Å². The van der Waals surface area contributed by atoms with Gasteiger partial charge in [-0.1, -0.05) is 12.1 Å². The van der Waals surface area contributed by atoms with Crippen LogP contribution in [-0.4, -0.2) is 99.6 Å². The molecular formula is C34H36N8O10S. The average molecular weight is 749 g/mol. The number of carboxylic acids is 1. The van der Waals surface area contributed by atoms with Crippen molar-refractivity contribution in [2.24, 2.45) is 17.2 Å². The number of fused-ring (bicyclic) bond motifs is 1. The third kappa shape index (κ3) is 7.26. The van der Waals surface area contributed by atoms with Crippen LogP contribution in [0.1, 0.15) is 55.6 Å². The maximum Gasteiger partial charge on any atom is 0.327 e. The zero-order valence-corrected chi connectivity index (χ0v) is 29.4. The molecule has 53 heavy (non-hydrogen) atoms. The van der Waals surface area contributed by atoms with Gasteiger partial charge >= 0.3 is 5.97 Å². The number of benzene rings is 2. The number of aromatic hydroxyl groups is 1. The molecule has 278 valence electrons. The Balaban J connectivity index is 1.45. The number of rotatable bonds is 11. The number of nitrogens with one attached hydrogen (secondary N) is 1. The first kappa shape index (κ1) is 38.3. The van der Waals surface area contributed by atoms with Crippen LogP contribution < -0.4 is 27.7 Å². The van der Waals surface area contributed by atoms with Crippen molar-refractivity contribution in [3.8, 4) is 17.1 Å². The zero-order chi connectivity index (χ0) is 39.1. The van der Waals surface area contributed by atoms with E-state index < -0.39 is 86.8 Å². The fourth-order valence-corrected chi connectivity index (χ4v) is 7.88. The average Bonchev–Trinajstić information content (AvgIpc) is 3.36. The number of hydrogen-bond donors (Lipinski definition) is 6. The van der Waals surface area contributed by atoms with E-state index in [0.29, 0.717) is 4.90 Å². The maximum absolute atomic E-state index is 14.1. The van der Waals surface area contributed by atoms with Crippen LogP contribution in [0.3, 0.4) is 0 Å². The van der Waals surface area contributed by atoms with Gasteiger partial charge in [0, 0.05) is 29.9 Å². The third-order valence-corrected chi connectivity index (χ3v) is 10.4. The molecule has 18 nitrogen and oxygen atoms in total. The number of aliphatic carboxylic acids is 1. The molecule has 1 aromatic heterocycles. The fraction of sp³-hybridized carbons (Fsp3) is 0.324. The molecule has 3 aromatic rings. The number of primary amides is 1. The second kappa shape index (κ2) is 14.6. The lowest BCUT2D eigenvalue weighted by atomic mass is 9.94. The van der Waals surface area contributed by atoms with Crippen LogP contribution >= 0.6 is 11.8 Å². The number of carbonyl (C=O) groups excluding carboxylic acids is 6. The van der Waals surface area contributed by atoms with Gasteiger partial charge in [-0.2, -0.15) is 0 Å². The number of phenols is 1. The van der Waals surface area contributed by atoms with Crippen LogP contribution in [0.25, 0.3) is 11.4 Å². The molecule has 5 atom stereocenters. The van der Waals surface area contributed by atoms with Crippen LogP contribution in [0, 0.1) is 0 Å². The summed E-state index contributed by atoms with van der Waals surface area (Å²) in [6, 6.07) is 5.40. The Morgan fingerprint density at radius 3 is 2.17 bits per heavy atom. The van der Waals surface area contributed by atoms with Gasteiger partial charge in [-0.05, 0) is 62.2 Å². The molecule has 19 heteroatoms. The van der Waals surface area contributed by atoms with Crippen LogP contribution in [-0.2, 0) is 28.8 Å². The van der Waals surface area contributed by atoms with Crippen LogP contribution in [0.2, 0.25) is 0 Å². The second-order valence-electron chi connectivity index (χ2n) is 13.0. The number of nitrogens with zero attached hydrogens (tertiary/aromatic N) is 4. The van der Waals surface area contributed by atoms with E-state index in [1.165, 1.54) is 48.5 Å². The highest BCUT2D eigenvalue weighted by molar-refractivity contribution is 8.01. The summed E-state index contributed by atoms with van der Waals surface area (Å²) in [5, 5.41) is 18.6. The smallest absolute Gasteiger partial charge is 0.327 e. The molecule has 2 aliphatic rings. The van der Waals surface area contributed by atoms with E-state index in [1.54, 1.807) is 13.8 Å². The number of β-lactam (4-membered cyclic amide) rings is 1. The molecule has 0 saturated carbocycles. The van der Waals surface area contributed by atoms with E-state index >= 15 is 0 Å². The van der Waals surface area contributed by atoms with Crippen molar-refractivity contribution in [1.82, 2.24) is 19.8 Å². The van der Waals surface area contributed by atoms with Gasteiger partial charge in [-0.3, -0.25) is 38.5 Å². The number of H-pyrrole nitrogens is 1. The number of hydrogen-bond acceptors (Lipinski definition) is 13. The molecule has 3 heterocycles. The van der Waals surface area contributed by atoms with Crippen molar-refractivity contribution in [1.29, 1.82) is 0 Å². The minimum absolute atomic E-state index is 0.0427. The molecule has 2 aromatic carbocycles. The summed E-state index contributed by atoms with van der Waals surface area (Å²) in [6.07, 6.45) is 0.669. The lowest BCUT2D eigenvalue weighted by molar-refractivity contribution is -0.166. The van der Waals surface area contributed by atoms with E-state index in [-0.39, 0.29) is 41.2 Å². The van der Waals surface area contributed by atoms with E-state index in [4.69, 9.17) is 17.2 Å². The summed E-state index contributed by atoms with van der Waals surface area (Å²) in [5.41, 5.74) is 16.3. The molecule has 0 aliphatic carbocycles. The quantitative estimate of drug-likeness (QED) is 0.139. The van der Waals surface area contributed by atoms with Crippen molar-refractivity contribution in [3.63, 3.8) is 0 Å². The molecule has 9 N–H and O–H groups in total. The Bertz CT molecular complexity index is 2070. The summed E-state index contributed by atoms with van der Waals surface area (Å²) in [5.74, 6) is -6.60. The van der Waals surface area contributed by atoms with E-state index in [2.05, 4.69) is 9.97 Å². The summed E-state index contributed by atoms with van der Waals surface area (Å²) < 4.78 is -1.00. The number of thioether (sulfide) groups is 1. The molecule has 2 saturated heterocycles. The van der Waals surface area contributed by atoms with Crippen LogP contribution in [0.4, 0.5) is 5.69 Å². The van der Waals surface area contributed by atoms with Gasteiger partial charge < -0.3 is 37.3 Å². The summed E-state index contributed by atoms with van der Waals surface area (Å²) in [4.78, 5) is 113. The minimum Gasteiger partial charge on any atom is -0.508 e. The molecule has 2 unspecified atom stereocenters. The number of anilines is 1. The molecular weight excluding hydrogens is 712 g/mol. The predicted molar refractivity (Wildman–Crippen MR) is 189 cm³/mol. The largest absolute Gasteiger partial charge is 0.508 e. The summed E-state index contributed by atoms with van der Waals surface area (Å²) in [6.45, 7) is 4.39. The van der Waals surface area contributed by atoms with Gasteiger partial charge in [0.05, 0.1) is 11.7 Å². The number of aromatic nitrogens is 2. The van der Waals surface area contributed by atoms with Crippen LogP contribution in [0.5, 0.6) is 5.75 Å². The van der Waals surface area contributed by atoms with Crippen molar-refractivity contribution < 1.29 is 43.8 Å². The number of carboxylic acid groups (broad SMARTS) is 1. The Hall–Kier alpha value is -5.92. The lowest BCUT2D eigenvalue weighted by Gasteiger charge is -2.47. The number of carbonyl (C=O) groups is 7. The lowest BCUT2D eigenvalue weighted by Crippen LogP contribution is -2.72. The first-order valence-electron chi connectivity index (χ1n) is 16.1. The minimum atomic E-state index is -1.53. The molecule has 0 bridgehead atoms. The van der Waals surface area contributed by atoms with Gasteiger partial charge in [0.2, 0.25) is 11.8 Å². The summed E-state index contributed by atoms with van der Waals surface area (Å²) >= 11 is 1.08. The zero-order valence-electron chi connectivity index (χ0n) is 28.6. The number of aromatic amines is 1. The van der Waals surface area contributed by atoms with Gasteiger partial charge in [-0.25, -0.2) is 14.7 Å². The van der Waals surface area contributed by atoms with E-state index in [1.807, 2.05) is 0 Å². The first-order valence-corrected chi connectivity index (χ1v) is 17.0. The van der Waals surface area contributed by atoms with Gasteiger partial charge in [-0.15, -0.1) is 11.8 Å². The van der Waals surface area contributed by atoms with Gasteiger partial charge in [0.1, 0.15) is 40.6 Å². The fourth-order valence-electron chi connectivity index (χ4n) is 6.21. The monoisotopic (exact) mass is 748 g/mol. The van der Waals surface area contributed by atoms with E-state index in [9.17, 15) is 48.6 Å². The van der Waals surface area contributed by atoms with Crippen LogP contribution in [0.15, 0.2) is 59.5 Å². The predicted octanol–water partition coefficient (Wildman–Crippen LogP) is -0.201. The number of imide groups is 2. The standard InChI is InChI=1S/C34H36N8O10S/c1-15(43)40(29(48)21(35)12-13-22(36)45)18-8-4-17(5-9-18)26-38-14-20(27(46)39-26)28(47)41(30(49)23(37)16-6-10-19(44)11-7-16)24-31(50)42-25(33(51)52)34(2,3)53-32(24)42/h4-11,14,21,23-25,32,44H,12-13,35,37H2,1-3H3,(H2,36,45)(H,51,52)(H,38,39,46)/t21?,23?,24-,25+,32-/m1/s1. The molecule has 5 rings (SSSR count). The second-order valence-corrected chi connectivity index (χ2v) is 14.7. The Morgan fingerprint density at radius 2 is 1.62 bits per heavy atom. The molecule has 2 fully saturated rings. The molecule has 0 radical (unpaired) electrons. The topological polar surface area (TPSA) is 293 Å². The molecule has 0 spiro atoms. The third-order valence-electron chi connectivity index (χ3n) is 8.88. The number of amides is 6. The van der Waals surface area contributed by atoms with Gasteiger partial charge in [0.15, 0.2) is 0 Å². The Morgan fingerprint density at radius 1 is 1.00 bits per heavy atom. The number of phenolic OH excluding ortho intramolecular Hbond substituents is 1. The normalized spacial score (nSPS) is 19.7. The van der Waals surface area contributed by atoms with Crippen molar-refractivity contribution in [3.05, 3.63) is 76.2 Å². The SMILES string of the molecule is CC(=O)N(C(=O)C(N)CCC(N)=O)c1ccc(-c2ncc(C(=O)N(C(=O)C(N)c3ccc(O)cc3)[C@@H]3C(=O)N4[C@@H]3SC(C)(C)[C@@H]4C(=O)O)c(=O)[nH]2)cc1. The Kier molecular flexibility index (Phi) is 10.6. The van der Waals surface area contributed by atoms with E-state index in [0.717, 1.165) is 34.7 Å². The molecule has 2 aliphatic heterocycles. The van der Waals surface area contributed by atoms with Crippen molar-refractivity contribution >= 4 is 58.9 Å². The first-order chi connectivity index (χ1) is 24.8. The highest BCUT2D eigenvalue weighted by Crippen LogP contribution is 2.52. The highest BCUT2D eigenvalue weighted by atomic mass is 32.2. The highest BCUT2D eigenvalue weighted by Gasteiger charge is 2.67. The van der Waals surface area contributed by atoms with Crippen molar-refractivity contribution in [2.75, 3.05) is 4.90 Å². The number of nitrogens with two attached hydrogens (primary N) is 3. The Labute approximate surface area is 305 Å². The maximum atomic E-state index is 14.1. The summed E-state index contributed by atoms with van der Waals surface area (Å²) in [7, 11) is 0.